The highest BCUT2D eigenvalue weighted by Gasteiger charge is 2.24. The lowest BCUT2D eigenvalue weighted by Crippen LogP contribution is -2.49. The Labute approximate surface area is 181 Å². The Morgan fingerprint density at radius 3 is 2.55 bits per heavy atom. The number of nitrogens with zero attached hydrogens (tertiary/aromatic N) is 4. The molecule has 3 aromatic rings. The van der Waals surface area contributed by atoms with Gasteiger partial charge in [0.1, 0.15) is 17.3 Å². The molecule has 1 aliphatic heterocycles. The van der Waals surface area contributed by atoms with Gasteiger partial charge in [0, 0.05) is 37.9 Å². The molecule has 1 amide bonds. The van der Waals surface area contributed by atoms with Crippen molar-refractivity contribution in [2.45, 2.75) is 0 Å². The molecule has 8 heteroatoms. The number of nitrogens with one attached hydrogen (secondary N) is 1. The van der Waals surface area contributed by atoms with Gasteiger partial charge >= 0.3 is 0 Å². The first kappa shape index (κ1) is 20.5. The second-order valence-electron chi connectivity index (χ2n) is 7.08. The van der Waals surface area contributed by atoms with Crippen molar-refractivity contribution in [3.05, 3.63) is 66.4 Å². The van der Waals surface area contributed by atoms with Crippen LogP contribution in [0, 0.1) is 0 Å². The van der Waals surface area contributed by atoms with Crippen molar-refractivity contribution in [1.29, 1.82) is 0 Å². The molecule has 0 spiro atoms. The van der Waals surface area contributed by atoms with E-state index in [4.69, 9.17) is 9.47 Å². The topological polar surface area (TPSA) is 79.8 Å². The third-order valence-electron chi connectivity index (χ3n) is 5.18. The number of hydrogen-bond acceptors (Lipinski definition) is 7. The Hall–Kier alpha value is -3.81. The third-order valence-corrected chi connectivity index (χ3v) is 5.18. The fourth-order valence-corrected chi connectivity index (χ4v) is 3.50. The monoisotopic (exact) mass is 419 g/mol. The van der Waals surface area contributed by atoms with E-state index in [9.17, 15) is 4.79 Å². The maximum atomic E-state index is 12.8. The molecule has 2 heterocycles. The van der Waals surface area contributed by atoms with Crippen LogP contribution in [-0.2, 0) is 0 Å². The van der Waals surface area contributed by atoms with Crippen molar-refractivity contribution >= 4 is 23.4 Å². The lowest BCUT2D eigenvalue weighted by molar-refractivity contribution is 0.0746. The van der Waals surface area contributed by atoms with Crippen LogP contribution in [0.15, 0.2) is 60.8 Å². The summed E-state index contributed by atoms with van der Waals surface area (Å²) in [6.45, 7) is 2.52. The molecule has 1 fully saturated rings. The van der Waals surface area contributed by atoms with Crippen LogP contribution in [0.1, 0.15) is 10.4 Å². The molecule has 1 N–H and O–H groups in total. The first-order valence-corrected chi connectivity index (χ1v) is 10.1. The van der Waals surface area contributed by atoms with Crippen molar-refractivity contribution in [3.63, 3.8) is 0 Å². The third kappa shape index (κ3) is 4.69. The van der Waals surface area contributed by atoms with E-state index < -0.39 is 0 Å². The van der Waals surface area contributed by atoms with Gasteiger partial charge in [-0.15, -0.1) is 0 Å². The molecule has 0 saturated carbocycles. The molecule has 0 bridgehead atoms. The fraction of sp³-hybridized carbons (Fsp3) is 0.261. The number of methoxy groups -OCH3 is 2. The summed E-state index contributed by atoms with van der Waals surface area (Å²) in [5.74, 6) is 2.74. The Kier molecular flexibility index (Phi) is 6.16. The van der Waals surface area contributed by atoms with Gasteiger partial charge in [-0.3, -0.25) is 4.79 Å². The zero-order valence-electron chi connectivity index (χ0n) is 17.6. The van der Waals surface area contributed by atoms with Gasteiger partial charge in [-0.1, -0.05) is 18.2 Å². The van der Waals surface area contributed by atoms with Gasteiger partial charge in [-0.25, -0.2) is 4.98 Å². The minimum Gasteiger partial charge on any atom is -0.497 e. The largest absolute Gasteiger partial charge is 0.497 e. The number of hydrogen-bond donors (Lipinski definition) is 1. The lowest BCUT2D eigenvalue weighted by Gasteiger charge is -2.34. The van der Waals surface area contributed by atoms with Crippen LogP contribution in [0.4, 0.5) is 17.5 Å². The molecule has 31 heavy (non-hydrogen) atoms. The van der Waals surface area contributed by atoms with Crippen molar-refractivity contribution in [1.82, 2.24) is 14.9 Å². The molecule has 0 unspecified atom stereocenters. The second kappa shape index (κ2) is 9.34. The fourth-order valence-electron chi connectivity index (χ4n) is 3.50. The van der Waals surface area contributed by atoms with E-state index in [2.05, 4.69) is 20.2 Å². The highest BCUT2D eigenvalue weighted by molar-refractivity contribution is 5.94. The summed E-state index contributed by atoms with van der Waals surface area (Å²) in [5.41, 5.74) is 1.47. The quantitative estimate of drug-likeness (QED) is 0.657. The van der Waals surface area contributed by atoms with Crippen LogP contribution in [0.25, 0.3) is 0 Å². The van der Waals surface area contributed by atoms with E-state index in [1.807, 2.05) is 53.4 Å². The maximum Gasteiger partial charge on any atom is 0.254 e. The molecule has 2 aromatic carbocycles. The van der Waals surface area contributed by atoms with Gasteiger partial charge in [0.05, 0.1) is 19.9 Å². The van der Waals surface area contributed by atoms with Crippen LogP contribution in [0.2, 0.25) is 0 Å². The number of piperazine rings is 1. The molecule has 0 atom stereocenters. The summed E-state index contributed by atoms with van der Waals surface area (Å²) < 4.78 is 10.6. The van der Waals surface area contributed by atoms with Gasteiger partial charge in [-0.05, 0) is 36.4 Å². The number of anilines is 3. The zero-order valence-corrected chi connectivity index (χ0v) is 17.6. The standard InChI is InChI=1S/C23H25N5O3/c1-30-18-7-5-6-17(16-18)22(29)27-12-14-28(15-13-27)23-24-11-10-21(26-23)25-19-8-3-4-9-20(19)31-2/h3-11,16H,12-15H2,1-2H3,(H,24,25,26). The van der Waals surface area contributed by atoms with Gasteiger partial charge in [0.2, 0.25) is 5.95 Å². The Balaban J connectivity index is 1.41. The van der Waals surface area contributed by atoms with Crippen molar-refractivity contribution < 1.29 is 14.3 Å². The molecule has 8 nitrogen and oxygen atoms in total. The van der Waals surface area contributed by atoms with Crippen LogP contribution in [-0.4, -0.2) is 61.2 Å². The number of para-hydroxylation sites is 2. The summed E-state index contributed by atoms with van der Waals surface area (Å²) >= 11 is 0. The first-order valence-electron chi connectivity index (χ1n) is 10.1. The normalized spacial score (nSPS) is 13.6. The minimum absolute atomic E-state index is 0.00561. The number of carbonyl (C=O) groups excluding carboxylic acids is 1. The first-order chi connectivity index (χ1) is 15.2. The van der Waals surface area contributed by atoms with E-state index in [0.29, 0.717) is 49.3 Å². The molecule has 1 saturated heterocycles. The van der Waals surface area contributed by atoms with E-state index in [-0.39, 0.29) is 5.91 Å². The van der Waals surface area contributed by atoms with E-state index in [0.717, 1.165) is 11.4 Å². The van der Waals surface area contributed by atoms with Crippen LogP contribution in [0.5, 0.6) is 11.5 Å². The van der Waals surface area contributed by atoms with Crippen molar-refractivity contribution in [2.24, 2.45) is 0 Å². The van der Waals surface area contributed by atoms with Gasteiger partial charge in [-0.2, -0.15) is 4.98 Å². The summed E-state index contributed by atoms with van der Waals surface area (Å²) in [6.07, 6.45) is 1.73. The highest BCUT2D eigenvalue weighted by atomic mass is 16.5. The van der Waals surface area contributed by atoms with Crippen LogP contribution < -0.4 is 19.7 Å². The van der Waals surface area contributed by atoms with E-state index >= 15 is 0 Å². The molecule has 1 aromatic heterocycles. The summed E-state index contributed by atoms with van der Waals surface area (Å²) in [5, 5.41) is 3.28. The summed E-state index contributed by atoms with van der Waals surface area (Å²) in [4.78, 5) is 25.8. The number of aromatic nitrogens is 2. The van der Waals surface area contributed by atoms with E-state index in [1.54, 1.807) is 26.5 Å². The smallest absolute Gasteiger partial charge is 0.254 e. The van der Waals surface area contributed by atoms with Crippen molar-refractivity contribution in [3.8, 4) is 11.5 Å². The molecule has 4 rings (SSSR count). The predicted octanol–water partition coefficient (Wildman–Crippen LogP) is 3.20. The van der Waals surface area contributed by atoms with Crippen LogP contribution in [0.3, 0.4) is 0 Å². The number of amides is 1. The van der Waals surface area contributed by atoms with Crippen molar-refractivity contribution in [2.75, 3.05) is 50.6 Å². The molecule has 0 aliphatic carbocycles. The van der Waals surface area contributed by atoms with Gasteiger partial charge in [0.25, 0.3) is 5.91 Å². The number of carbonyl (C=O) groups is 1. The average Bonchev–Trinajstić information content (AvgIpc) is 2.84. The average molecular weight is 419 g/mol. The Bertz CT molecular complexity index is 1050. The predicted molar refractivity (Wildman–Crippen MR) is 119 cm³/mol. The SMILES string of the molecule is COc1cccc(C(=O)N2CCN(c3nccc(Nc4ccccc4OC)n3)CC2)c1. The lowest BCUT2D eigenvalue weighted by atomic mass is 10.1. The van der Waals surface area contributed by atoms with Gasteiger partial charge < -0.3 is 24.6 Å². The summed E-state index contributed by atoms with van der Waals surface area (Å²) in [6, 6.07) is 16.7. The zero-order chi connectivity index (χ0) is 21.6. The highest BCUT2D eigenvalue weighted by Crippen LogP contribution is 2.26. The van der Waals surface area contributed by atoms with E-state index in [1.165, 1.54) is 0 Å². The number of rotatable bonds is 6. The second-order valence-corrected chi connectivity index (χ2v) is 7.08. The molecule has 1 aliphatic rings. The Morgan fingerprint density at radius 1 is 0.968 bits per heavy atom. The molecular formula is C23H25N5O3. The summed E-state index contributed by atoms with van der Waals surface area (Å²) in [7, 11) is 3.23. The maximum absolute atomic E-state index is 12.8. The number of benzene rings is 2. The number of ether oxygens (including phenoxy) is 2. The minimum atomic E-state index is 0.00561. The molecule has 0 radical (unpaired) electrons. The van der Waals surface area contributed by atoms with Crippen LogP contribution >= 0.6 is 0 Å². The molecule has 160 valence electrons. The molecular weight excluding hydrogens is 394 g/mol. The van der Waals surface area contributed by atoms with Gasteiger partial charge in [0.15, 0.2) is 0 Å². The Morgan fingerprint density at radius 2 is 1.77 bits per heavy atom.